The molecule has 0 radical (unpaired) electrons. The van der Waals surface area contributed by atoms with Crippen LogP contribution < -0.4 is 4.91 Å². The quantitative estimate of drug-likeness (QED) is 0.857. The number of hydrogen-bond donors (Lipinski definition) is 1. The minimum atomic E-state index is -0.906. The summed E-state index contributed by atoms with van der Waals surface area (Å²) in [5.41, 5.74) is 0.212. The van der Waals surface area contributed by atoms with Gasteiger partial charge in [0.25, 0.3) is 0 Å². The Morgan fingerprint density at radius 3 is 3.16 bits per heavy atom. The Morgan fingerprint density at radius 1 is 1.58 bits per heavy atom. The molecule has 1 saturated heterocycles. The number of nitrogens with zero attached hydrogens (tertiary/aromatic N) is 1. The molecule has 1 aliphatic carbocycles. The number of aromatic carboxylic acids is 1. The summed E-state index contributed by atoms with van der Waals surface area (Å²) >= 11 is 1.51. The van der Waals surface area contributed by atoms with Crippen LogP contribution in [0.1, 0.15) is 43.1 Å². The molecule has 3 nitrogen and oxygen atoms in total. The van der Waals surface area contributed by atoms with E-state index in [-0.39, 0.29) is 5.69 Å². The predicted molar refractivity (Wildman–Crippen MR) is 81.9 cm³/mol. The molecule has 4 unspecified atom stereocenters. The van der Waals surface area contributed by atoms with Crippen molar-refractivity contribution in [3.63, 3.8) is 0 Å². The van der Waals surface area contributed by atoms with Crippen molar-refractivity contribution in [3.05, 3.63) is 11.1 Å². The van der Waals surface area contributed by atoms with Crippen LogP contribution in [0.2, 0.25) is 17.5 Å². The third-order valence-electron chi connectivity index (χ3n) is 4.85. The van der Waals surface area contributed by atoms with Crippen LogP contribution in [0.5, 0.6) is 0 Å². The summed E-state index contributed by atoms with van der Waals surface area (Å²) in [6.07, 6.45) is 5.31. The van der Waals surface area contributed by atoms with Gasteiger partial charge >= 0.3 is 5.97 Å². The lowest BCUT2D eigenvalue weighted by molar-refractivity contribution is 0.0691. The Bertz CT molecular complexity index is 479. The average molecular weight is 275 g/mol. The molecule has 1 aromatic rings. The van der Waals surface area contributed by atoms with Crippen LogP contribution >= 0.6 is 11.3 Å². The van der Waals surface area contributed by atoms with Gasteiger partial charge in [-0.2, -0.15) is 0 Å². The van der Waals surface area contributed by atoms with E-state index in [2.05, 4.69) is 11.9 Å². The first kappa shape index (κ1) is 13.2. The van der Waals surface area contributed by atoms with Crippen LogP contribution in [0.4, 0.5) is 0 Å². The summed E-state index contributed by atoms with van der Waals surface area (Å²) in [7, 11) is 2.41. The summed E-state index contributed by atoms with van der Waals surface area (Å²) in [6.45, 7) is 2.41. The van der Waals surface area contributed by atoms with Crippen LogP contribution in [0.25, 0.3) is 0 Å². The number of rotatable bonds is 3. The van der Waals surface area contributed by atoms with E-state index in [1.807, 2.05) is 0 Å². The van der Waals surface area contributed by atoms with Crippen molar-refractivity contribution in [2.75, 3.05) is 0 Å². The SMILES string of the molecule is CC1CCCC(Bc2nc(C(=O)O)cs2)CC2BC12. The molecule has 0 amide bonds. The standard InChI is InChI=1S/C13H19B2NO2S/c1-7-3-2-4-8(5-9-11(7)15-9)14-13-16-10(6-19-13)12(17)18/h6-9,11,14-15H,2-5H2,1H3,(H,17,18). The zero-order valence-corrected chi connectivity index (χ0v) is 12.2. The van der Waals surface area contributed by atoms with Crippen LogP contribution in [0, 0.1) is 5.92 Å². The third-order valence-corrected chi connectivity index (χ3v) is 5.72. The van der Waals surface area contributed by atoms with E-state index in [0.717, 1.165) is 35.6 Å². The number of carbonyl (C=O) groups is 1. The first-order valence-corrected chi connectivity index (χ1v) is 8.19. The molecule has 100 valence electrons. The van der Waals surface area contributed by atoms with Gasteiger partial charge in [-0.25, -0.2) is 9.78 Å². The van der Waals surface area contributed by atoms with Crippen molar-refractivity contribution in [3.8, 4) is 0 Å². The highest BCUT2D eigenvalue weighted by molar-refractivity contribution is 7.19. The summed E-state index contributed by atoms with van der Waals surface area (Å²) in [5, 5.41) is 10.6. The zero-order valence-electron chi connectivity index (χ0n) is 11.3. The molecule has 0 aromatic carbocycles. The highest BCUT2D eigenvalue weighted by Gasteiger charge is 2.44. The third kappa shape index (κ3) is 3.04. The average Bonchev–Trinajstić information content (AvgIpc) is 2.93. The zero-order chi connectivity index (χ0) is 13.4. The molecule has 2 heterocycles. The molecule has 1 N–H and O–H groups in total. The maximum absolute atomic E-state index is 10.8. The molecule has 2 aliphatic rings. The first-order chi connectivity index (χ1) is 9.13. The van der Waals surface area contributed by atoms with E-state index in [1.54, 1.807) is 5.38 Å². The lowest BCUT2D eigenvalue weighted by atomic mass is 9.60. The van der Waals surface area contributed by atoms with Gasteiger partial charge in [0.1, 0.15) is 7.28 Å². The van der Waals surface area contributed by atoms with Gasteiger partial charge in [0.05, 0.1) is 4.91 Å². The molecule has 4 atom stereocenters. The van der Waals surface area contributed by atoms with Gasteiger partial charge < -0.3 is 5.11 Å². The highest BCUT2D eigenvalue weighted by Crippen LogP contribution is 2.55. The van der Waals surface area contributed by atoms with Gasteiger partial charge in [0.2, 0.25) is 0 Å². The van der Waals surface area contributed by atoms with E-state index >= 15 is 0 Å². The predicted octanol–water partition coefficient (Wildman–Crippen LogP) is 1.93. The lowest BCUT2D eigenvalue weighted by Gasteiger charge is -2.21. The van der Waals surface area contributed by atoms with Gasteiger partial charge in [-0.3, -0.25) is 0 Å². The minimum Gasteiger partial charge on any atom is -0.476 e. The second-order valence-electron chi connectivity index (χ2n) is 6.31. The largest absolute Gasteiger partial charge is 0.476 e. The highest BCUT2D eigenvalue weighted by atomic mass is 32.1. The van der Waals surface area contributed by atoms with Crippen molar-refractivity contribution in [2.45, 2.75) is 50.1 Å². The smallest absolute Gasteiger partial charge is 0.355 e. The van der Waals surface area contributed by atoms with Gasteiger partial charge in [0.15, 0.2) is 13.0 Å². The maximum Gasteiger partial charge on any atom is 0.355 e. The fraction of sp³-hybridized carbons (Fsp3) is 0.692. The van der Waals surface area contributed by atoms with Crippen LogP contribution in [-0.4, -0.2) is 30.6 Å². The van der Waals surface area contributed by atoms with Crippen LogP contribution in [-0.2, 0) is 0 Å². The molecule has 19 heavy (non-hydrogen) atoms. The number of carboxylic acid groups (broad SMARTS) is 1. The molecule has 1 aromatic heterocycles. The van der Waals surface area contributed by atoms with Gasteiger partial charge in [-0.15, -0.1) is 11.3 Å². The van der Waals surface area contributed by atoms with E-state index in [0.29, 0.717) is 0 Å². The van der Waals surface area contributed by atoms with E-state index in [4.69, 9.17) is 5.11 Å². The Labute approximate surface area is 119 Å². The first-order valence-electron chi connectivity index (χ1n) is 7.31. The Morgan fingerprint density at radius 2 is 2.42 bits per heavy atom. The van der Waals surface area contributed by atoms with Gasteiger partial charge in [-0.05, 0) is 5.92 Å². The molecule has 2 fully saturated rings. The van der Waals surface area contributed by atoms with Crippen molar-refractivity contribution in [1.82, 2.24) is 4.98 Å². The molecule has 1 saturated carbocycles. The number of aromatic nitrogens is 1. The van der Waals surface area contributed by atoms with E-state index in [9.17, 15) is 4.79 Å². The topological polar surface area (TPSA) is 50.2 Å². The second-order valence-corrected chi connectivity index (χ2v) is 7.25. The molecule has 0 bridgehead atoms. The van der Waals surface area contributed by atoms with Crippen molar-refractivity contribution < 1.29 is 9.90 Å². The molecule has 0 spiro atoms. The Balaban J connectivity index is 1.60. The monoisotopic (exact) mass is 275 g/mol. The van der Waals surface area contributed by atoms with Gasteiger partial charge in [0, 0.05) is 5.38 Å². The number of hydrogen-bond acceptors (Lipinski definition) is 3. The summed E-state index contributed by atoms with van der Waals surface area (Å²) in [6, 6.07) is 0. The van der Waals surface area contributed by atoms with Crippen molar-refractivity contribution in [2.24, 2.45) is 5.92 Å². The molecular formula is C13H19B2NO2S. The fourth-order valence-corrected chi connectivity index (χ4v) is 4.55. The van der Waals surface area contributed by atoms with Crippen LogP contribution in [0.15, 0.2) is 5.38 Å². The molecule has 1 aliphatic heterocycles. The van der Waals surface area contributed by atoms with Crippen molar-refractivity contribution in [1.29, 1.82) is 0 Å². The Kier molecular flexibility index (Phi) is 3.70. The number of carboxylic acids is 1. The number of thiazole rings is 1. The maximum atomic E-state index is 10.8. The molecule has 6 heteroatoms. The van der Waals surface area contributed by atoms with Gasteiger partial charge in [-0.1, -0.05) is 50.1 Å². The molecule has 3 rings (SSSR count). The van der Waals surface area contributed by atoms with Crippen molar-refractivity contribution >= 4 is 36.8 Å². The lowest BCUT2D eigenvalue weighted by Crippen LogP contribution is -2.21. The second kappa shape index (κ2) is 5.31. The minimum absolute atomic E-state index is 0.212. The molecular weight excluding hydrogens is 256 g/mol. The fourth-order valence-electron chi connectivity index (χ4n) is 3.66. The summed E-state index contributed by atoms with van der Waals surface area (Å²) in [4.78, 5) is 16.1. The summed E-state index contributed by atoms with van der Waals surface area (Å²) in [5.74, 6) is 2.66. The van der Waals surface area contributed by atoms with Crippen LogP contribution in [0.3, 0.4) is 0 Å². The van der Waals surface area contributed by atoms with E-state index in [1.165, 1.54) is 44.3 Å². The van der Waals surface area contributed by atoms with E-state index < -0.39 is 5.97 Å². The number of fused-ring (bicyclic) bond motifs is 1. The summed E-state index contributed by atoms with van der Waals surface area (Å²) < 4.78 is 0. The Hall–Kier alpha value is -0.770. The normalized spacial score (nSPS) is 33.5.